The average Bonchev–Trinajstić information content (AvgIpc) is 3.91. The number of nitrogens with zero attached hydrogens (tertiary/aromatic N) is 2. The van der Waals surface area contributed by atoms with E-state index in [1.165, 1.54) is 16.7 Å². The third-order valence-corrected chi connectivity index (χ3v) is 9.02. The molecule has 2 aliphatic rings. The number of benzene rings is 3. The molecule has 0 saturated carbocycles. The Morgan fingerprint density at radius 3 is 1.11 bits per heavy atom. The summed E-state index contributed by atoms with van der Waals surface area (Å²) in [6, 6.07) is 34.7. The SMILES string of the molecule is C=Cc1c2nc(c(-c3ccc(C)cc3)c3ccc([nH]3)c(-c3ccc(C)cc3)c3ccc([nH]3)c(-c3ccc(C)cc3)c3nc1C=C3)C=C2. The number of aromatic nitrogens is 4. The molecule has 6 aromatic rings. The summed E-state index contributed by atoms with van der Waals surface area (Å²) >= 11 is 0. The lowest BCUT2D eigenvalue weighted by Gasteiger charge is -2.07. The molecule has 47 heavy (non-hydrogen) atoms. The van der Waals surface area contributed by atoms with Crippen molar-refractivity contribution in [3.8, 4) is 33.4 Å². The number of rotatable bonds is 4. The van der Waals surface area contributed by atoms with Crippen LogP contribution in [-0.4, -0.2) is 19.9 Å². The van der Waals surface area contributed by atoms with Gasteiger partial charge in [0, 0.05) is 44.3 Å². The van der Waals surface area contributed by atoms with E-state index in [0.717, 1.165) is 83.8 Å². The first-order valence-corrected chi connectivity index (χ1v) is 15.9. The van der Waals surface area contributed by atoms with Crippen molar-refractivity contribution in [2.45, 2.75) is 20.8 Å². The Kier molecular flexibility index (Phi) is 6.92. The van der Waals surface area contributed by atoms with Gasteiger partial charge < -0.3 is 9.97 Å². The fourth-order valence-electron chi connectivity index (χ4n) is 6.52. The van der Waals surface area contributed by atoms with Crippen LogP contribution in [0.2, 0.25) is 0 Å². The molecule has 0 atom stereocenters. The normalized spacial score (nSPS) is 12.1. The highest BCUT2D eigenvalue weighted by atomic mass is 14.8. The summed E-state index contributed by atoms with van der Waals surface area (Å²) in [4.78, 5) is 18.0. The first kappa shape index (κ1) is 28.5. The molecule has 0 amide bonds. The molecule has 4 nitrogen and oxygen atoms in total. The minimum atomic E-state index is 0.842. The number of H-pyrrole nitrogens is 2. The van der Waals surface area contributed by atoms with Gasteiger partial charge in [-0.3, -0.25) is 0 Å². The number of aryl methyl sites for hydroxylation is 3. The molecule has 0 aliphatic carbocycles. The van der Waals surface area contributed by atoms with Gasteiger partial charge in [0.25, 0.3) is 0 Å². The summed E-state index contributed by atoms with van der Waals surface area (Å²) in [7, 11) is 0. The zero-order valence-corrected chi connectivity index (χ0v) is 26.7. The standard InChI is InChI=1S/C43H34N4/c1-5-32-33-18-20-35(44-33)41(29-12-6-26(2)7-13-29)37-22-24-39(46-37)43(31-16-10-28(4)11-17-31)40-25-23-38(47-40)42(36-21-19-34(32)45-36)30-14-8-27(3)9-15-30/h5-25,46-47H,1H2,2-4H3. The van der Waals surface area contributed by atoms with E-state index in [-0.39, 0.29) is 0 Å². The van der Waals surface area contributed by atoms with Gasteiger partial charge in [-0.1, -0.05) is 102 Å². The first-order chi connectivity index (χ1) is 22.9. The average molecular weight is 607 g/mol. The van der Waals surface area contributed by atoms with Crippen molar-refractivity contribution in [2.24, 2.45) is 0 Å². The van der Waals surface area contributed by atoms with Gasteiger partial charge in [0.1, 0.15) is 0 Å². The summed E-state index contributed by atoms with van der Waals surface area (Å²) in [5.41, 5.74) is 18.5. The molecule has 2 aliphatic heterocycles. The second-order valence-corrected chi connectivity index (χ2v) is 12.3. The molecule has 226 valence electrons. The van der Waals surface area contributed by atoms with Crippen molar-refractivity contribution in [3.05, 3.63) is 149 Å². The monoisotopic (exact) mass is 606 g/mol. The fourth-order valence-corrected chi connectivity index (χ4v) is 6.52. The molecule has 0 saturated heterocycles. The largest absolute Gasteiger partial charge is 0.354 e. The minimum Gasteiger partial charge on any atom is -0.354 e. The zero-order valence-electron chi connectivity index (χ0n) is 26.7. The van der Waals surface area contributed by atoms with Gasteiger partial charge >= 0.3 is 0 Å². The molecule has 2 N–H and O–H groups in total. The molecule has 8 bridgehead atoms. The molecule has 0 spiro atoms. The van der Waals surface area contributed by atoms with Crippen molar-refractivity contribution in [3.63, 3.8) is 0 Å². The van der Waals surface area contributed by atoms with E-state index in [0.29, 0.717) is 0 Å². The van der Waals surface area contributed by atoms with Gasteiger partial charge in [-0.2, -0.15) is 0 Å². The van der Waals surface area contributed by atoms with E-state index in [1.54, 1.807) is 0 Å². The molecule has 0 radical (unpaired) electrons. The molecule has 8 rings (SSSR count). The van der Waals surface area contributed by atoms with E-state index < -0.39 is 0 Å². The smallest absolute Gasteiger partial charge is 0.0737 e. The molecule has 0 unspecified atom stereocenters. The van der Waals surface area contributed by atoms with Crippen molar-refractivity contribution < 1.29 is 0 Å². The maximum absolute atomic E-state index is 5.20. The highest BCUT2D eigenvalue weighted by molar-refractivity contribution is 5.99. The number of nitrogens with one attached hydrogen (secondary N) is 2. The van der Waals surface area contributed by atoms with Gasteiger partial charge in [-0.25, -0.2) is 9.97 Å². The van der Waals surface area contributed by atoms with E-state index in [2.05, 4.69) is 159 Å². The minimum absolute atomic E-state index is 0.842. The van der Waals surface area contributed by atoms with Gasteiger partial charge in [-0.15, -0.1) is 0 Å². The highest BCUT2D eigenvalue weighted by Crippen LogP contribution is 2.36. The first-order valence-electron chi connectivity index (χ1n) is 15.9. The van der Waals surface area contributed by atoms with Gasteiger partial charge in [0.2, 0.25) is 0 Å². The van der Waals surface area contributed by atoms with Gasteiger partial charge in [-0.05, 0) is 86.0 Å². The Hall–Kier alpha value is -6.00. The Bertz CT molecular complexity index is 2270. The summed E-state index contributed by atoms with van der Waals surface area (Å²) in [6.07, 6.45) is 10.2. The lowest BCUT2D eigenvalue weighted by atomic mass is 10.0. The molecule has 5 heterocycles. The van der Waals surface area contributed by atoms with Crippen LogP contribution in [0.1, 0.15) is 45.0 Å². The van der Waals surface area contributed by atoms with Crippen molar-refractivity contribution in [1.29, 1.82) is 0 Å². The van der Waals surface area contributed by atoms with Crippen LogP contribution in [0.5, 0.6) is 0 Å². The predicted molar refractivity (Wildman–Crippen MR) is 199 cm³/mol. The molecular weight excluding hydrogens is 573 g/mol. The third kappa shape index (κ3) is 5.14. The summed E-state index contributed by atoms with van der Waals surface area (Å²) in [6.45, 7) is 10.5. The van der Waals surface area contributed by atoms with E-state index in [9.17, 15) is 0 Å². The van der Waals surface area contributed by atoms with Crippen LogP contribution < -0.4 is 0 Å². The number of hydrogen-bond acceptors (Lipinski definition) is 2. The van der Waals surface area contributed by atoms with Crippen LogP contribution >= 0.6 is 0 Å². The van der Waals surface area contributed by atoms with E-state index >= 15 is 0 Å². The van der Waals surface area contributed by atoms with Crippen LogP contribution in [-0.2, 0) is 0 Å². The van der Waals surface area contributed by atoms with Crippen molar-refractivity contribution >= 4 is 52.4 Å². The second-order valence-electron chi connectivity index (χ2n) is 12.3. The number of hydrogen-bond donors (Lipinski definition) is 2. The molecule has 0 fully saturated rings. The maximum atomic E-state index is 5.20. The lowest BCUT2D eigenvalue weighted by Crippen LogP contribution is -1.90. The van der Waals surface area contributed by atoms with Crippen LogP contribution in [0.15, 0.2) is 104 Å². The predicted octanol–water partition coefficient (Wildman–Crippen LogP) is 11.2. The van der Waals surface area contributed by atoms with Gasteiger partial charge in [0.05, 0.1) is 22.8 Å². The summed E-state index contributed by atoms with van der Waals surface area (Å²) in [5, 5.41) is 0. The lowest BCUT2D eigenvalue weighted by molar-refractivity contribution is 1.26. The maximum Gasteiger partial charge on any atom is 0.0737 e. The van der Waals surface area contributed by atoms with Crippen molar-refractivity contribution in [1.82, 2.24) is 19.9 Å². The molecule has 3 aromatic heterocycles. The number of fused-ring (bicyclic) bond motifs is 8. The molecule has 3 aromatic carbocycles. The van der Waals surface area contributed by atoms with Crippen LogP contribution in [0.3, 0.4) is 0 Å². The zero-order chi connectivity index (χ0) is 32.1. The van der Waals surface area contributed by atoms with Gasteiger partial charge in [0.15, 0.2) is 0 Å². The Balaban J connectivity index is 1.56. The number of aromatic amines is 2. The summed E-state index contributed by atoms with van der Waals surface area (Å²) < 4.78 is 0. The quantitative estimate of drug-likeness (QED) is 0.209. The second kappa shape index (κ2) is 11.4. The van der Waals surface area contributed by atoms with E-state index in [4.69, 9.17) is 9.97 Å². The Morgan fingerprint density at radius 1 is 0.426 bits per heavy atom. The van der Waals surface area contributed by atoms with E-state index in [1.807, 2.05) is 6.08 Å². The summed E-state index contributed by atoms with van der Waals surface area (Å²) in [5.74, 6) is 0. The van der Waals surface area contributed by atoms with Crippen LogP contribution in [0, 0.1) is 20.8 Å². The fraction of sp³-hybridized carbons (Fsp3) is 0.0698. The van der Waals surface area contributed by atoms with Crippen LogP contribution in [0.4, 0.5) is 0 Å². The Labute approximate surface area is 274 Å². The highest BCUT2D eigenvalue weighted by Gasteiger charge is 2.17. The van der Waals surface area contributed by atoms with Crippen molar-refractivity contribution in [2.75, 3.05) is 0 Å². The Morgan fingerprint density at radius 2 is 0.745 bits per heavy atom. The molecular formula is C43H34N4. The van der Waals surface area contributed by atoms with Crippen LogP contribution in [0.25, 0.3) is 85.8 Å². The topological polar surface area (TPSA) is 57.4 Å². The third-order valence-electron chi connectivity index (χ3n) is 9.02. The molecule has 4 heteroatoms.